The Hall–Kier alpha value is -7.44. The van der Waals surface area contributed by atoms with E-state index in [1.807, 2.05) is 72.8 Å². The Kier molecular flexibility index (Phi) is 16.0. The number of aromatic nitrogens is 4. The molecule has 1 aliphatic heterocycles. The van der Waals surface area contributed by atoms with E-state index in [1.54, 1.807) is 0 Å². The Morgan fingerprint density at radius 1 is 0.352 bits per heavy atom. The third-order valence-corrected chi connectivity index (χ3v) is 12.8. The number of ether oxygens (including phenoxy) is 4. The summed E-state index contributed by atoms with van der Waals surface area (Å²) in [6.07, 6.45) is 8.19. The number of nitrogens with one attached hydrogen (secondary N) is 4. The van der Waals surface area contributed by atoms with Gasteiger partial charge >= 0.3 is 0 Å². The molecule has 4 aromatic heterocycles. The van der Waals surface area contributed by atoms with Crippen molar-refractivity contribution < 1.29 is 34.3 Å². The fraction of sp³-hybridized carbons (Fsp3) is 0.267. The minimum Gasteiger partial charge on any atom is -0.491 e. The van der Waals surface area contributed by atoms with Gasteiger partial charge in [0.25, 0.3) is 0 Å². The maximum Gasteiger partial charge on any atom is 0.119 e. The van der Waals surface area contributed by atoms with Crippen LogP contribution in [0.25, 0.3) is 22.3 Å². The first-order valence-electron chi connectivity index (χ1n) is 25.0. The van der Waals surface area contributed by atoms with Crippen LogP contribution in [0.1, 0.15) is 104 Å². The van der Waals surface area contributed by atoms with Gasteiger partial charge in [0.1, 0.15) is 42.8 Å². The van der Waals surface area contributed by atoms with Crippen molar-refractivity contribution in [1.29, 1.82) is 0 Å². The van der Waals surface area contributed by atoms with Crippen molar-refractivity contribution in [3.05, 3.63) is 212 Å². The lowest BCUT2D eigenvalue weighted by molar-refractivity contribution is 0.175. The molecule has 9 rings (SSSR count). The molecule has 8 bridgehead atoms. The summed E-state index contributed by atoms with van der Waals surface area (Å²) < 4.78 is 24.0. The molecule has 0 fully saturated rings. The number of aliphatic hydroxyl groups is 3. The van der Waals surface area contributed by atoms with Gasteiger partial charge in [-0.2, -0.15) is 0 Å². The third-order valence-electron chi connectivity index (χ3n) is 12.8. The molecule has 11 nitrogen and oxygen atoms in total. The number of aliphatic hydroxyl groups excluding tert-OH is 3. The first-order valence-corrected chi connectivity index (χ1v) is 25.0. The molecule has 0 amide bonds. The predicted octanol–water partition coefficient (Wildman–Crippen LogP) is 7.93. The Labute approximate surface area is 414 Å². The van der Waals surface area contributed by atoms with Gasteiger partial charge in [0.2, 0.25) is 0 Å². The second-order valence-corrected chi connectivity index (χ2v) is 17.8. The first kappa shape index (κ1) is 48.6. The summed E-state index contributed by atoms with van der Waals surface area (Å²) in [6, 6.07) is 49.4. The molecule has 5 heterocycles. The van der Waals surface area contributed by atoms with Gasteiger partial charge in [-0.25, -0.2) is 0 Å². The van der Waals surface area contributed by atoms with E-state index in [0.29, 0.717) is 17.2 Å². The molecule has 1 atom stereocenters. The summed E-state index contributed by atoms with van der Waals surface area (Å²) >= 11 is 0. The highest BCUT2D eigenvalue weighted by Gasteiger charge is 2.20. The monoisotopic (exact) mass is 952 g/mol. The highest BCUT2D eigenvalue weighted by Crippen LogP contribution is 2.31. The van der Waals surface area contributed by atoms with Crippen LogP contribution in [0.5, 0.6) is 23.0 Å². The van der Waals surface area contributed by atoms with Crippen molar-refractivity contribution in [3.8, 4) is 23.0 Å². The normalized spacial score (nSPS) is 12.9. The van der Waals surface area contributed by atoms with Crippen LogP contribution in [0.15, 0.2) is 146 Å². The molecule has 11 heteroatoms. The van der Waals surface area contributed by atoms with E-state index in [0.717, 1.165) is 114 Å². The lowest BCUT2D eigenvalue weighted by atomic mass is 10.0. The van der Waals surface area contributed by atoms with Gasteiger partial charge in [0, 0.05) is 66.5 Å². The lowest BCUT2D eigenvalue weighted by Crippen LogP contribution is -2.19. The number of H-pyrrole nitrogens is 4. The van der Waals surface area contributed by atoms with Gasteiger partial charge in [-0.05, 0) is 139 Å². The molecule has 0 aliphatic carbocycles. The highest BCUT2D eigenvalue weighted by atomic mass is 16.5. The zero-order valence-electron chi connectivity index (χ0n) is 40.6. The number of unbranched alkanes of at least 4 members (excludes halogenated alkanes) is 3. The average molecular weight is 953 g/mol. The zero-order chi connectivity index (χ0) is 48.9. The SMILES string of the molecule is CCCCCCC(CCC)Oc1ccc(C2=c3ccc([nH]3)=C(c3ccc(OCCO)cc3)c3ccc([nH]3)C(c3ccc(OCCO)cc3)=c3ccc([nH]3)=C(c3ccc(OCCO)cc3)c3ccc2[nH]3)cc1. The summed E-state index contributed by atoms with van der Waals surface area (Å²) in [5, 5.41) is 32.0. The van der Waals surface area contributed by atoms with E-state index in [1.165, 1.54) is 25.7 Å². The van der Waals surface area contributed by atoms with Gasteiger partial charge in [-0.3, -0.25) is 0 Å². The smallest absolute Gasteiger partial charge is 0.119 e. The van der Waals surface area contributed by atoms with Crippen molar-refractivity contribution in [2.45, 2.75) is 64.9 Å². The predicted molar refractivity (Wildman–Crippen MR) is 280 cm³/mol. The van der Waals surface area contributed by atoms with E-state index < -0.39 is 0 Å². The maximum absolute atomic E-state index is 9.46. The Morgan fingerprint density at radius 2 is 0.690 bits per heavy atom. The molecule has 4 aromatic carbocycles. The molecule has 0 saturated heterocycles. The van der Waals surface area contributed by atoms with Crippen LogP contribution < -0.4 is 40.3 Å². The maximum atomic E-state index is 9.46. The number of benzene rings is 4. The van der Waals surface area contributed by atoms with Crippen LogP contribution in [0, 0.1) is 0 Å². The molecule has 8 aromatic rings. The van der Waals surface area contributed by atoms with Crippen LogP contribution >= 0.6 is 0 Å². The Balaban J connectivity index is 1.26. The second kappa shape index (κ2) is 23.4. The van der Waals surface area contributed by atoms with Crippen molar-refractivity contribution in [3.63, 3.8) is 0 Å². The largest absolute Gasteiger partial charge is 0.491 e. The topological polar surface area (TPSA) is 161 Å². The molecule has 1 unspecified atom stereocenters. The summed E-state index contributed by atoms with van der Waals surface area (Å²) in [5.74, 6) is 2.88. The van der Waals surface area contributed by atoms with E-state index in [9.17, 15) is 15.3 Å². The fourth-order valence-electron chi connectivity index (χ4n) is 9.49. The molecule has 0 saturated carbocycles. The summed E-state index contributed by atoms with van der Waals surface area (Å²) in [6.45, 7) is 4.88. The second-order valence-electron chi connectivity index (χ2n) is 17.8. The van der Waals surface area contributed by atoms with E-state index in [2.05, 4.69) is 107 Å². The summed E-state index contributed by atoms with van der Waals surface area (Å²) in [5.41, 5.74) is 11.4. The van der Waals surface area contributed by atoms with E-state index in [4.69, 9.17) is 18.9 Å². The van der Waals surface area contributed by atoms with Crippen LogP contribution in [0.3, 0.4) is 0 Å². The number of fused-ring (bicyclic) bond motifs is 8. The average Bonchev–Trinajstić information content (AvgIpc) is 4.26. The standard InChI is InChI=1S/C60H64N4O7/c1-3-5-6-7-9-47(8-4-2)71-48-24-16-43(17-25-48)60-55-32-30-53(63-55)58(41-12-20-45(21-13-41)69-38-35-66)51-28-26-49(61-51)57(40-10-18-44(19-11-40)68-37-34-65)50-27-29-52(62-50)59(54-31-33-56(60)64-54)42-14-22-46(23-15-42)70-39-36-67/h10-33,47,61-67H,3-9,34-39H2,1-2H3. The molecule has 1 aliphatic rings. The van der Waals surface area contributed by atoms with Crippen LogP contribution in [0.2, 0.25) is 0 Å². The van der Waals surface area contributed by atoms with Gasteiger partial charge < -0.3 is 54.2 Å². The quantitative estimate of drug-likeness (QED) is 0.0340. The van der Waals surface area contributed by atoms with Gasteiger partial charge in [0.15, 0.2) is 0 Å². The summed E-state index contributed by atoms with van der Waals surface area (Å²) in [7, 11) is 0. The third kappa shape index (κ3) is 11.4. The zero-order valence-corrected chi connectivity index (χ0v) is 40.6. The molecule has 71 heavy (non-hydrogen) atoms. The van der Waals surface area contributed by atoms with E-state index >= 15 is 0 Å². The Bertz CT molecular complexity index is 3230. The van der Waals surface area contributed by atoms with Crippen LogP contribution in [-0.2, 0) is 0 Å². The first-order chi connectivity index (χ1) is 35.0. The molecular weight excluding hydrogens is 889 g/mol. The van der Waals surface area contributed by atoms with Crippen LogP contribution in [0.4, 0.5) is 0 Å². The van der Waals surface area contributed by atoms with Crippen molar-refractivity contribution in [2.75, 3.05) is 39.6 Å². The van der Waals surface area contributed by atoms with Crippen molar-refractivity contribution >= 4 is 22.3 Å². The number of rotatable bonds is 22. The highest BCUT2D eigenvalue weighted by molar-refractivity contribution is 5.85. The van der Waals surface area contributed by atoms with E-state index in [-0.39, 0.29) is 45.7 Å². The minimum atomic E-state index is -0.0739. The van der Waals surface area contributed by atoms with Crippen molar-refractivity contribution in [2.24, 2.45) is 0 Å². The molecule has 7 N–H and O–H groups in total. The molecular formula is C60H64N4O7. The number of hydrogen-bond acceptors (Lipinski definition) is 7. The molecule has 0 radical (unpaired) electrons. The summed E-state index contributed by atoms with van der Waals surface area (Å²) in [4.78, 5) is 15.4. The number of hydrogen-bond donors (Lipinski definition) is 7. The van der Waals surface area contributed by atoms with Gasteiger partial charge in [0.05, 0.1) is 25.9 Å². The molecule has 366 valence electrons. The fourth-order valence-corrected chi connectivity index (χ4v) is 9.49. The van der Waals surface area contributed by atoms with Gasteiger partial charge in [-0.15, -0.1) is 0 Å². The Morgan fingerprint density at radius 3 is 1.00 bits per heavy atom. The number of aromatic amines is 4. The lowest BCUT2D eigenvalue weighted by Gasteiger charge is -2.19. The van der Waals surface area contributed by atoms with Crippen molar-refractivity contribution in [1.82, 2.24) is 19.9 Å². The minimum absolute atomic E-state index is 0.0709. The van der Waals surface area contributed by atoms with Gasteiger partial charge in [-0.1, -0.05) is 88.1 Å². The van der Waals surface area contributed by atoms with Crippen LogP contribution in [-0.4, -0.2) is 81.0 Å². The molecule has 0 spiro atoms.